The summed E-state index contributed by atoms with van der Waals surface area (Å²) >= 11 is 0. The molecule has 0 aliphatic heterocycles. The minimum absolute atomic E-state index is 0.131. The highest BCUT2D eigenvalue weighted by molar-refractivity contribution is 5.69. The highest BCUT2D eigenvalue weighted by Crippen LogP contribution is 2.12. The van der Waals surface area contributed by atoms with Crippen LogP contribution >= 0.6 is 0 Å². The molecule has 24 heavy (non-hydrogen) atoms. The van der Waals surface area contributed by atoms with Crippen molar-refractivity contribution in [1.29, 1.82) is 0 Å². The molecule has 0 heterocycles. The molecule has 0 atom stereocenters. The molecule has 4 nitrogen and oxygen atoms in total. The van der Waals surface area contributed by atoms with Crippen LogP contribution < -0.4 is 0 Å². The Hall–Kier alpha value is -1.06. The van der Waals surface area contributed by atoms with E-state index in [1.165, 1.54) is 64.2 Å². The van der Waals surface area contributed by atoms with E-state index in [4.69, 9.17) is 9.84 Å². The van der Waals surface area contributed by atoms with Crippen LogP contribution in [-0.4, -0.2) is 23.7 Å². The van der Waals surface area contributed by atoms with Crippen molar-refractivity contribution < 1.29 is 19.4 Å². The zero-order valence-corrected chi connectivity index (χ0v) is 15.7. The predicted octanol–water partition coefficient (Wildman–Crippen LogP) is 5.88. The topological polar surface area (TPSA) is 63.6 Å². The Balaban J connectivity index is 3.14. The quantitative estimate of drug-likeness (QED) is 0.250. The molecule has 0 rings (SSSR count). The molecule has 0 unspecified atom stereocenters. The van der Waals surface area contributed by atoms with Gasteiger partial charge in [-0.1, -0.05) is 77.6 Å². The third-order valence-electron chi connectivity index (χ3n) is 4.28. The standard InChI is InChI=1S/C20H38O4/c1-2-3-4-5-6-7-8-9-10-11-12-15-18-24-20(23)17-14-13-16-19(21)22/h2-18H2,1H3,(H,21,22). The Bertz CT molecular complexity index is 302. The summed E-state index contributed by atoms with van der Waals surface area (Å²) < 4.78 is 5.15. The number of esters is 1. The molecular weight excluding hydrogens is 304 g/mol. The number of carboxylic acid groups (broad SMARTS) is 1. The number of carbonyl (C=O) groups excluding carboxylic acids is 1. The van der Waals surface area contributed by atoms with Crippen LogP contribution in [0.3, 0.4) is 0 Å². The fourth-order valence-corrected chi connectivity index (χ4v) is 2.75. The molecule has 0 spiro atoms. The zero-order valence-electron chi connectivity index (χ0n) is 15.7. The van der Waals surface area contributed by atoms with E-state index < -0.39 is 5.97 Å². The van der Waals surface area contributed by atoms with E-state index >= 15 is 0 Å². The normalized spacial score (nSPS) is 10.7. The van der Waals surface area contributed by atoms with Gasteiger partial charge >= 0.3 is 11.9 Å². The lowest BCUT2D eigenvalue weighted by Gasteiger charge is -2.05. The summed E-state index contributed by atoms with van der Waals surface area (Å²) in [5.74, 6) is -0.997. The van der Waals surface area contributed by atoms with Gasteiger partial charge in [0.2, 0.25) is 0 Å². The molecule has 0 amide bonds. The van der Waals surface area contributed by atoms with Crippen LogP contribution in [0.5, 0.6) is 0 Å². The smallest absolute Gasteiger partial charge is 0.305 e. The Morgan fingerprint density at radius 3 is 1.62 bits per heavy atom. The Morgan fingerprint density at radius 1 is 0.667 bits per heavy atom. The van der Waals surface area contributed by atoms with Crippen molar-refractivity contribution in [3.05, 3.63) is 0 Å². The summed E-state index contributed by atoms with van der Waals surface area (Å²) in [5, 5.41) is 8.50. The fraction of sp³-hybridized carbons (Fsp3) is 0.900. The van der Waals surface area contributed by atoms with E-state index in [1.807, 2.05) is 0 Å². The van der Waals surface area contributed by atoms with Crippen LogP contribution in [0.2, 0.25) is 0 Å². The molecule has 0 bridgehead atoms. The van der Waals surface area contributed by atoms with Gasteiger partial charge in [0.25, 0.3) is 0 Å². The first-order valence-corrected chi connectivity index (χ1v) is 10.0. The van der Waals surface area contributed by atoms with Crippen LogP contribution in [0.4, 0.5) is 0 Å². The second-order valence-electron chi connectivity index (χ2n) is 6.71. The van der Waals surface area contributed by atoms with E-state index in [0.717, 1.165) is 12.8 Å². The highest BCUT2D eigenvalue weighted by atomic mass is 16.5. The van der Waals surface area contributed by atoms with Gasteiger partial charge in [0.15, 0.2) is 0 Å². The number of hydrogen-bond acceptors (Lipinski definition) is 3. The Labute approximate surface area is 148 Å². The van der Waals surface area contributed by atoms with Crippen LogP contribution in [-0.2, 0) is 14.3 Å². The number of rotatable bonds is 18. The number of ether oxygens (including phenoxy) is 1. The van der Waals surface area contributed by atoms with Gasteiger partial charge < -0.3 is 9.84 Å². The monoisotopic (exact) mass is 342 g/mol. The first kappa shape index (κ1) is 22.9. The molecule has 0 aliphatic rings. The van der Waals surface area contributed by atoms with Gasteiger partial charge in [-0.05, 0) is 19.3 Å². The van der Waals surface area contributed by atoms with Crippen LogP contribution in [0.25, 0.3) is 0 Å². The van der Waals surface area contributed by atoms with Crippen molar-refractivity contribution in [2.75, 3.05) is 6.61 Å². The van der Waals surface area contributed by atoms with Crippen LogP contribution in [0.1, 0.15) is 110 Å². The van der Waals surface area contributed by atoms with Crippen molar-refractivity contribution in [1.82, 2.24) is 0 Å². The third kappa shape index (κ3) is 19.0. The largest absolute Gasteiger partial charge is 0.481 e. The number of carboxylic acids is 1. The van der Waals surface area contributed by atoms with E-state index in [2.05, 4.69) is 6.92 Å². The minimum Gasteiger partial charge on any atom is -0.481 e. The fourth-order valence-electron chi connectivity index (χ4n) is 2.75. The van der Waals surface area contributed by atoms with Crippen molar-refractivity contribution in [3.8, 4) is 0 Å². The average Bonchev–Trinajstić information content (AvgIpc) is 2.55. The predicted molar refractivity (Wildman–Crippen MR) is 98.1 cm³/mol. The minimum atomic E-state index is -0.806. The first-order chi connectivity index (χ1) is 11.7. The number of aliphatic carboxylic acids is 1. The lowest BCUT2D eigenvalue weighted by molar-refractivity contribution is -0.144. The van der Waals surface area contributed by atoms with E-state index in [9.17, 15) is 9.59 Å². The van der Waals surface area contributed by atoms with Crippen molar-refractivity contribution in [2.45, 2.75) is 110 Å². The maximum Gasteiger partial charge on any atom is 0.305 e. The molecule has 1 N–H and O–H groups in total. The molecule has 0 saturated carbocycles. The average molecular weight is 343 g/mol. The molecule has 142 valence electrons. The molecule has 0 fully saturated rings. The van der Waals surface area contributed by atoms with Gasteiger partial charge in [-0.3, -0.25) is 9.59 Å². The second-order valence-corrected chi connectivity index (χ2v) is 6.71. The molecule has 0 aromatic rings. The molecule has 0 aromatic carbocycles. The van der Waals surface area contributed by atoms with E-state index in [-0.39, 0.29) is 12.4 Å². The summed E-state index contributed by atoms with van der Waals surface area (Å²) in [7, 11) is 0. The third-order valence-corrected chi connectivity index (χ3v) is 4.28. The Morgan fingerprint density at radius 2 is 1.12 bits per heavy atom. The van der Waals surface area contributed by atoms with Crippen LogP contribution in [0.15, 0.2) is 0 Å². The van der Waals surface area contributed by atoms with Gasteiger partial charge in [0, 0.05) is 12.8 Å². The summed E-state index contributed by atoms with van der Waals surface area (Å²) in [5.41, 5.74) is 0. The SMILES string of the molecule is CCCCCCCCCCCCCCOC(=O)CCCCC(=O)O. The van der Waals surface area contributed by atoms with E-state index in [0.29, 0.717) is 25.9 Å². The maximum absolute atomic E-state index is 11.4. The summed E-state index contributed by atoms with van der Waals surface area (Å²) in [6.07, 6.45) is 17.2. The van der Waals surface area contributed by atoms with Crippen molar-refractivity contribution in [3.63, 3.8) is 0 Å². The lowest BCUT2D eigenvalue weighted by Crippen LogP contribution is -2.06. The number of hydrogen-bond donors (Lipinski definition) is 1. The van der Waals surface area contributed by atoms with Gasteiger partial charge in [-0.2, -0.15) is 0 Å². The molecule has 0 aromatic heterocycles. The van der Waals surface area contributed by atoms with Crippen molar-refractivity contribution >= 4 is 11.9 Å². The zero-order chi connectivity index (χ0) is 17.9. The van der Waals surface area contributed by atoms with Gasteiger partial charge in [-0.25, -0.2) is 0 Å². The Kier molecular flexibility index (Phi) is 17.5. The van der Waals surface area contributed by atoms with Gasteiger partial charge in [0.05, 0.1) is 6.61 Å². The van der Waals surface area contributed by atoms with Gasteiger partial charge in [0.1, 0.15) is 0 Å². The first-order valence-electron chi connectivity index (χ1n) is 10.0. The highest BCUT2D eigenvalue weighted by Gasteiger charge is 2.04. The van der Waals surface area contributed by atoms with Crippen molar-refractivity contribution in [2.24, 2.45) is 0 Å². The molecule has 4 heteroatoms. The summed E-state index contributed by atoms with van der Waals surface area (Å²) in [6.45, 7) is 2.76. The summed E-state index contributed by atoms with van der Waals surface area (Å²) in [6, 6.07) is 0. The van der Waals surface area contributed by atoms with Gasteiger partial charge in [-0.15, -0.1) is 0 Å². The molecular formula is C20H38O4. The van der Waals surface area contributed by atoms with E-state index in [1.54, 1.807) is 0 Å². The molecule has 0 aliphatic carbocycles. The number of unbranched alkanes of at least 4 members (excludes halogenated alkanes) is 12. The molecule has 0 radical (unpaired) electrons. The second kappa shape index (κ2) is 18.3. The maximum atomic E-state index is 11.4. The summed E-state index contributed by atoms with van der Waals surface area (Å²) in [4.78, 5) is 21.8. The lowest BCUT2D eigenvalue weighted by atomic mass is 10.1. The number of carbonyl (C=O) groups is 2. The molecule has 0 saturated heterocycles. The van der Waals surface area contributed by atoms with Crippen LogP contribution in [0, 0.1) is 0 Å².